The molecular formula is C8H7NO4. The van der Waals surface area contributed by atoms with Crippen molar-refractivity contribution in [1.29, 1.82) is 0 Å². The van der Waals surface area contributed by atoms with E-state index >= 15 is 0 Å². The van der Waals surface area contributed by atoms with Gasteiger partial charge in [-0.05, 0) is 5.57 Å². The maximum atomic E-state index is 10.6. The maximum Gasteiger partial charge on any atom is 0.355 e. The topological polar surface area (TPSA) is 87.0 Å². The summed E-state index contributed by atoms with van der Waals surface area (Å²) in [5.41, 5.74) is -0.151. The number of allylic oxidation sites excluding steroid dienone is 1. The number of aliphatic imine (C=N–C) groups is 1. The Morgan fingerprint density at radius 2 is 2.00 bits per heavy atom. The summed E-state index contributed by atoms with van der Waals surface area (Å²) >= 11 is 0. The molecule has 0 radical (unpaired) electrons. The Balaban J connectivity index is 3.17. The van der Waals surface area contributed by atoms with Gasteiger partial charge in [-0.1, -0.05) is 6.58 Å². The van der Waals surface area contributed by atoms with Gasteiger partial charge in [0.2, 0.25) is 0 Å². The monoisotopic (exact) mass is 181 g/mol. The lowest BCUT2D eigenvalue weighted by Gasteiger charge is -2.09. The lowest BCUT2D eigenvalue weighted by Crippen LogP contribution is -2.14. The molecule has 2 N–H and O–H groups in total. The standard InChI is InChI=1S/C8H7NO4/c1-4-2-5(7(10)11)6(8(12)13)9-3-4/h3H,1-2H2,(H,10,11)(H,12,13). The highest BCUT2D eigenvalue weighted by Crippen LogP contribution is 2.19. The van der Waals surface area contributed by atoms with Gasteiger partial charge >= 0.3 is 11.9 Å². The molecule has 0 saturated heterocycles. The summed E-state index contributed by atoms with van der Waals surface area (Å²) in [6.45, 7) is 3.50. The van der Waals surface area contributed by atoms with Crippen molar-refractivity contribution in [3.63, 3.8) is 0 Å². The second-order valence-corrected chi connectivity index (χ2v) is 2.53. The van der Waals surface area contributed by atoms with Crippen molar-refractivity contribution in [2.45, 2.75) is 6.42 Å². The van der Waals surface area contributed by atoms with Gasteiger partial charge in [0.25, 0.3) is 0 Å². The molecule has 13 heavy (non-hydrogen) atoms. The van der Waals surface area contributed by atoms with Gasteiger partial charge in [0.05, 0.1) is 5.57 Å². The van der Waals surface area contributed by atoms with E-state index in [1.807, 2.05) is 0 Å². The lowest BCUT2D eigenvalue weighted by atomic mass is 10.0. The summed E-state index contributed by atoms with van der Waals surface area (Å²) in [6, 6.07) is 0. The molecule has 1 aliphatic heterocycles. The number of rotatable bonds is 2. The highest BCUT2D eigenvalue weighted by atomic mass is 16.4. The van der Waals surface area contributed by atoms with Crippen LogP contribution in [0.2, 0.25) is 0 Å². The quantitative estimate of drug-likeness (QED) is 0.647. The molecule has 68 valence electrons. The summed E-state index contributed by atoms with van der Waals surface area (Å²) in [5, 5.41) is 17.2. The number of aliphatic carboxylic acids is 2. The molecule has 0 aromatic rings. The van der Waals surface area contributed by atoms with Crippen LogP contribution in [0.1, 0.15) is 6.42 Å². The summed E-state index contributed by atoms with van der Waals surface area (Å²) in [7, 11) is 0. The van der Waals surface area contributed by atoms with Crippen LogP contribution in [0.25, 0.3) is 0 Å². The molecule has 5 heteroatoms. The van der Waals surface area contributed by atoms with Crippen LogP contribution in [-0.2, 0) is 9.59 Å². The number of hydrogen-bond donors (Lipinski definition) is 2. The van der Waals surface area contributed by atoms with Gasteiger partial charge in [0.15, 0.2) is 5.70 Å². The summed E-state index contributed by atoms with van der Waals surface area (Å²) in [6.07, 6.45) is 1.29. The molecule has 0 unspecified atom stereocenters. The fourth-order valence-corrected chi connectivity index (χ4v) is 0.951. The molecule has 0 aromatic carbocycles. The number of carboxylic acids is 2. The zero-order chi connectivity index (χ0) is 10.0. The molecule has 0 fully saturated rings. The molecule has 0 spiro atoms. The second kappa shape index (κ2) is 3.22. The molecule has 1 aliphatic rings. The number of hydrogen-bond acceptors (Lipinski definition) is 3. The summed E-state index contributed by atoms with van der Waals surface area (Å²) < 4.78 is 0. The first-order valence-corrected chi connectivity index (χ1v) is 3.44. The third-order valence-electron chi connectivity index (χ3n) is 1.53. The van der Waals surface area contributed by atoms with E-state index in [2.05, 4.69) is 11.6 Å². The zero-order valence-corrected chi connectivity index (χ0v) is 6.65. The van der Waals surface area contributed by atoms with E-state index in [-0.39, 0.29) is 12.0 Å². The Bertz CT molecular complexity index is 351. The lowest BCUT2D eigenvalue weighted by molar-refractivity contribution is -0.136. The number of nitrogens with zero attached hydrogens (tertiary/aromatic N) is 1. The highest BCUT2D eigenvalue weighted by Gasteiger charge is 2.22. The Morgan fingerprint density at radius 1 is 1.38 bits per heavy atom. The van der Waals surface area contributed by atoms with Crippen LogP contribution in [-0.4, -0.2) is 28.4 Å². The number of carboxylic acid groups (broad SMARTS) is 2. The molecule has 1 heterocycles. The smallest absolute Gasteiger partial charge is 0.355 e. The molecule has 0 atom stereocenters. The van der Waals surface area contributed by atoms with Crippen molar-refractivity contribution in [1.82, 2.24) is 0 Å². The van der Waals surface area contributed by atoms with E-state index < -0.39 is 17.6 Å². The average molecular weight is 181 g/mol. The van der Waals surface area contributed by atoms with Gasteiger partial charge in [-0.15, -0.1) is 0 Å². The van der Waals surface area contributed by atoms with Crippen LogP contribution >= 0.6 is 0 Å². The van der Waals surface area contributed by atoms with Crippen LogP contribution in [0, 0.1) is 0 Å². The third kappa shape index (κ3) is 1.81. The molecule has 1 rings (SSSR count). The Hall–Kier alpha value is -1.91. The van der Waals surface area contributed by atoms with Crippen molar-refractivity contribution in [3.8, 4) is 0 Å². The van der Waals surface area contributed by atoms with Crippen molar-refractivity contribution in [2.75, 3.05) is 0 Å². The Morgan fingerprint density at radius 3 is 2.46 bits per heavy atom. The van der Waals surface area contributed by atoms with E-state index in [1.54, 1.807) is 0 Å². The van der Waals surface area contributed by atoms with Crippen LogP contribution in [0.4, 0.5) is 0 Å². The number of carbonyl (C=O) groups is 2. The first-order chi connectivity index (χ1) is 6.02. The molecule has 0 aromatic heterocycles. The van der Waals surface area contributed by atoms with Gasteiger partial charge in [-0.3, -0.25) is 0 Å². The van der Waals surface area contributed by atoms with Gasteiger partial charge in [0.1, 0.15) is 0 Å². The average Bonchev–Trinajstić information content (AvgIpc) is 2.03. The van der Waals surface area contributed by atoms with E-state index in [4.69, 9.17) is 10.2 Å². The van der Waals surface area contributed by atoms with E-state index in [0.29, 0.717) is 5.57 Å². The predicted octanol–water partition coefficient (Wildman–Crippen LogP) is 0.440. The predicted molar refractivity (Wildman–Crippen MR) is 44.5 cm³/mol. The highest BCUT2D eigenvalue weighted by molar-refractivity contribution is 6.03. The fraction of sp³-hybridized carbons (Fsp3) is 0.125. The fourth-order valence-electron chi connectivity index (χ4n) is 0.951. The summed E-state index contributed by atoms with van der Waals surface area (Å²) in [4.78, 5) is 24.6. The third-order valence-corrected chi connectivity index (χ3v) is 1.53. The molecular weight excluding hydrogens is 174 g/mol. The first-order valence-electron chi connectivity index (χ1n) is 3.44. The molecule has 5 nitrogen and oxygen atoms in total. The molecule has 0 aliphatic carbocycles. The summed E-state index contributed by atoms with van der Waals surface area (Å²) in [5.74, 6) is -2.60. The second-order valence-electron chi connectivity index (χ2n) is 2.53. The Kier molecular flexibility index (Phi) is 2.27. The molecule has 0 amide bonds. The largest absolute Gasteiger partial charge is 0.478 e. The van der Waals surface area contributed by atoms with E-state index in [1.165, 1.54) is 6.21 Å². The van der Waals surface area contributed by atoms with Gasteiger partial charge < -0.3 is 10.2 Å². The minimum absolute atomic E-state index is 0.0282. The van der Waals surface area contributed by atoms with Crippen molar-refractivity contribution < 1.29 is 19.8 Å². The van der Waals surface area contributed by atoms with Crippen molar-refractivity contribution in [3.05, 3.63) is 23.4 Å². The SMILES string of the molecule is C=C1C=NC(C(=O)O)=C(C(=O)O)C1. The maximum absolute atomic E-state index is 10.6. The van der Waals surface area contributed by atoms with Crippen LogP contribution in [0.3, 0.4) is 0 Å². The van der Waals surface area contributed by atoms with E-state index in [0.717, 1.165) is 0 Å². The van der Waals surface area contributed by atoms with Crippen molar-refractivity contribution >= 4 is 18.2 Å². The molecule has 0 saturated carbocycles. The minimum Gasteiger partial charge on any atom is -0.478 e. The van der Waals surface area contributed by atoms with E-state index in [9.17, 15) is 9.59 Å². The normalized spacial score (nSPS) is 16.2. The van der Waals surface area contributed by atoms with Crippen LogP contribution < -0.4 is 0 Å². The Labute approximate surface area is 73.7 Å². The van der Waals surface area contributed by atoms with Crippen LogP contribution in [0.15, 0.2) is 28.4 Å². The minimum atomic E-state index is -1.33. The zero-order valence-electron chi connectivity index (χ0n) is 6.65. The van der Waals surface area contributed by atoms with Gasteiger partial charge in [0, 0.05) is 12.6 Å². The van der Waals surface area contributed by atoms with Gasteiger partial charge in [-0.2, -0.15) is 0 Å². The molecule has 0 bridgehead atoms. The van der Waals surface area contributed by atoms with Crippen molar-refractivity contribution in [2.24, 2.45) is 4.99 Å². The van der Waals surface area contributed by atoms with Crippen LogP contribution in [0.5, 0.6) is 0 Å². The van der Waals surface area contributed by atoms with Gasteiger partial charge in [-0.25, -0.2) is 14.6 Å². The first kappa shape index (κ1) is 9.18.